The minimum atomic E-state index is 0.283. The molecule has 96 valence electrons. The zero-order valence-electron chi connectivity index (χ0n) is 11.5. The predicted octanol–water partition coefficient (Wildman–Crippen LogP) is 3.03. The third kappa shape index (κ3) is 5.02. The van der Waals surface area contributed by atoms with Gasteiger partial charge in [0.05, 0.1) is 6.61 Å². The second-order valence-electron chi connectivity index (χ2n) is 5.37. The van der Waals surface area contributed by atoms with Crippen LogP contribution in [-0.4, -0.2) is 23.1 Å². The molecule has 0 unspecified atom stereocenters. The van der Waals surface area contributed by atoms with Crippen molar-refractivity contribution in [1.82, 2.24) is 9.97 Å². The maximum atomic E-state index is 5.71. The van der Waals surface area contributed by atoms with Gasteiger partial charge in [-0.1, -0.05) is 20.8 Å². The van der Waals surface area contributed by atoms with Gasteiger partial charge in [-0.2, -0.15) is 4.98 Å². The fourth-order valence-electron chi connectivity index (χ4n) is 1.27. The van der Waals surface area contributed by atoms with Gasteiger partial charge in [0, 0.05) is 18.3 Å². The van der Waals surface area contributed by atoms with Crippen LogP contribution in [0.25, 0.3) is 0 Å². The summed E-state index contributed by atoms with van der Waals surface area (Å²) in [6, 6.07) is 0. The Morgan fingerprint density at radius 2 is 2.06 bits per heavy atom. The van der Waals surface area contributed by atoms with Gasteiger partial charge in [-0.25, -0.2) is 4.98 Å². The second kappa shape index (κ2) is 5.84. The number of rotatable bonds is 5. The Morgan fingerprint density at radius 1 is 1.35 bits per heavy atom. The summed E-state index contributed by atoms with van der Waals surface area (Å²) in [6.45, 7) is 12.1. The van der Waals surface area contributed by atoms with Crippen LogP contribution in [-0.2, 0) is 0 Å². The zero-order chi connectivity index (χ0) is 12.9. The molecule has 0 fully saturated rings. The topological polar surface area (TPSA) is 47.0 Å². The minimum Gasteiger partial charge on any atom is -0.477 e. The number of hydrogen-bond acceptors (Lipinski definition) is 4. The molecule has 1 N–H and O–H groups in total. The molecule has 0 spiro atoms. The van der Waals surface area contributed by atoms with E-state index in [-0.39, 0.29) is 5.41 Å². The average molecular weight is 237 g/mol. The minimum absolute atomic E-state index is 0.283. The van der Waals surface area contributed by atoms with E-state index >= 15 is 0 Å². The van der Waals surface area contributed by atoms with Crippen molar-refractivity contribution in [3.05, 3.63) is 11.8 Å². The highest BCUT2D eigenvalue weighted by Crippen LogP contribution is 2.20. The maximum Gasteiger partial charge on any atom is 0.225 e. The molecule has 4 heteroatoms. The number of nitrogens with one attached hydrogen (secondary N) is 1. The fraction of sp³-hybridized carbons (Fsp3) is 0.692. The zero-order valence-corrected chi connectivity index (χ0v) is 11.5. The lowest BCUT2D eigenvalue weighted by Crippen LogP contribution is -2.12. The van der Waals surface area contributed by atoms with Crippen LogP contribution in [0.5, 0.6) is 5.88 Å². The maximum absolute atomic E-state index is 5.71. The average Bonchev–Trinajstić information content (AvgIpc) is 2.21. The molecule has 0 saturated heterocycles. The van der Waals surface area contributed by atoms with Crippen molar-refractivity contribution < 1.29 is 4.74 Å². The van der Waals surface area contributed by atoms with Crippen molar-refractivity contribution in [2.45, 2.75) is 41.0 Å². The lowest BCUT2D eigenvalue weighted by atomic mass is 9.93. The van der Waals surface area contributed by atoms with E-state index in [0.29, 0.717) is 18.4 Å². The number of aromatic nitrogens is 2. The first-order valence-corrected chi connectivity index (χ1v) is 6.12. The Hall–Kier alpha value is -1.32. The van der Waals surface area contributed by atoms with Crippen LogP contribution in [0.4, 0.5) is 5.95 Å². The fourth-order valence-corrected chi connectivity index (χ4v) is 1.27. The largest absolute Gasteiger partial charge is 0.477 e. The Balaban J connectivity index is 2.60. The van der Waals surface area contributed by atoms with E-state index in [4.69, 9.17) is 4.74 Å². The molecule has 1 rings (SSSR count). The van der Waals surface area contributed by atoms with Gasteiger partial charge in [0.1, 0.15) is 0 Å². The lowest BCUT2D eigenvalue weighted by Gasteiger charge is -2.18. The number of anilines is 1. The SMILES string of the molecule is CCNc1ncc(C)c(OCCC(C)(C)C)n1. The molecule has 0 radical (unpaired) electrons. The van der Waals surface area contributed by atoms with Crippen LogP contribution in [0.3, 0.4) is 0 Å². The van der Waals surface area contributed by atoms with E-state index < -0.39 is 0 Å². The highest BCUT2D eigenvalue weighted by atomic mass is 16.5. The summed E-state index contributed by atoms with van der Waals surface area (Å²) in [4.78, 5) is 8.52. The molecule has 1 aromatic rings. The highest BCUT2D eigenvalue weighted by molar-refractivity contribution is 5.32. The van der Waals surface area contributed by atoms with Gasteiger partial charge < -0.3 is 10.1 Å². The molecular weight excluding hydrogens is 214 g/mol. The molecule has 17 heavy (non-hydrogen) atoms. The molecule has 0 aliphatic carbocycles. The molecule has 0 saturated carbocycles. The predicted molar refractivity (Wildman–Crippen MR) is 70.5 cm³/mol. The van der Waals surface area contributed by atoms with Crippen molar-refractivity contribution in [1.29, 1.82) is 0 Å². The van der Waals surface area contributed by atoms with Crippen molar-refractivity contribution in [3.63, 3.8) is 0 Å². The van der Waals surface area contributed by atoms with Crippen LogP contribution in [0.1, 0.15) is 39.7 Å². The number of nitrogens with zero attached hydrogens (tertiary/aromatic N) is 2. The van der Waals surface area contributed by atoms with Crippen LogP contribution in [0.15, 0.2) is 6.20 Å². The second-order valence-corrected chi connectivity index (χ2v) is 5.37. The Morgan fingerprint density at radius 3 is 2.65 bits per heavy atom. The summed E-state index contributed by atoms with van der Waals surface area (Å²) >= 11 is 0. The molecule has 4 nitrogen and oxygen atoms in total. The van der Waals surface area contributed by atoms with Crippen LogP contribution in [0.2, 0.25) is 0 Å². The van der Waals surface area contributed by atoms with Gasteiger partial charge in [-0.05, 0) is 25.7 Å². The third-order valence-electron chi connectivity index (χ3n) is 2.35. The number of ether oxygens (including phenoxy) is 1. The van der Waals surface area contributed by atoms with Crippen molar-refractivity contribution in [3.8, 4) is 5.88 Å². The van der Waals surface area contributed by atoms with E-state index in [0.717, 1.165) is 18.5 Å². The normalized spacial score (nSPS) is 11.4. The summed E-state index contributed by atoms with van der Waals surface area (Å²) < 4.78 is 5.71. The summed E-state index contributed by atoms with van der Waals surface area (Å²) in [6.07, 6.45) is 2.80. The number of hydrogen-bond donors (Lipinski definition) is 1. The van der Waals surface area contributed by atoms with E-state index in [1.807, 2.05) is 13.8 Å². The lowest BCUT2D eigenvalue weighted by molar-refractivity contribution is 0.235. The molecule has 0 aliphatic rings. The van der Waals surface area contributed by atoms with E-state index in [9.17, 15) is 0 Å². The third-order valence-corrected chi connectivity index (χ3v) is 2.35. The molecule has 0 amide bonds. The first-order chi connectivity index (χ1) is 7.92. The molecule has 0 bridgehead atoms. The van der Waals surface area contributed by atoms with Crippen molar-refractivity contribution in [2.24, 2.45) is 5.41 Å². The molecule has 1 heterocycles. The standard InChI is InChI=1S/C13H23N3O/c1-6-14-12-15-9-10(2)11(16-12)17-8-7-13(3,4)5/h9H,6-8H2,1-5H3,(H,14,15,16). The van der Waals surface area contributed by atoms with Crippen LogP contribution in [0, 0.1) is 12.3 Å². The monoisotopic (exact) mass is 237 g/mol. The highest BCUT2D eigenvalue weighted by Gasteiger charge is 2.11. The van der Waals surface area contributed by atoms with Gasteiger partial charge in [0.15, 0.2) is 0 Å². The van der Waals surface area contributed by atoms with Gasteiger partial charge in [0.25, 0.3) is 0 Å². The number of aryl methyl sites for hydroxylation is 1. The van der Waals surface area contributed by atoms with Crippen LogP contribution < -0.4 is 10.1 Å². The summed E-state index contributed by atoms with van der Waals surface area (Å²) in [7, 11) is 0. The van der Waals surface area contributed by atoms with E-state index in [1.54, 1.807) is 6.20 Å². The van der Waals surface area contributed by atoms with Crippen molar-refractivity contribution >= 4 is 5.95 Å². The Labute approximate surface area is 104 Å². The summed E-state index contributed by atoms with van der Waals surface area (Å²) in [5.74, 6) is 1.31. The Bertz CT molecular complexity index is 358. The first kappa shape index (κ1) is 13.7. The molecule has 0 atom stereocenters. The molecule has 0 aliphatic heterocycles. The molecule has 1 aromatic heterocycles. The molecular formula is C13H23N3O. The van der Waals surface area contributed by atoms with Crippen LogP contribution >= 0.6 is 0 Å². The summed E-state index contributed by atoms with van der Waals surface area (Å²) in [5, 5.41) is 3.08. The molecule has 0 aromatic carbocycles. The van der Waals surface area contributed by atoms with Gasteiger partial charge >= 0.3 is 0 Å². The van der Waals surface area contributed by atoms with Gasteiger partial charge in [-0.3, -0.25) is 0 Å². The van der Waals surface area contributed by atoms with E-state index in [1.165, 1.54) is 0 Å². The van der Waals surface area contributed by atoms with Gasteiger partial charge in [0.2, 0.25) is 11.8 Å². The Kier molecular flexibility index (Phi) is 4.73. The quantitative estimate of drug-likeness (QED) is 0.855. The van der Waals surface area contributed by atoms with Gasteiger partial charge in [-0.15, -0.1) is 0 Å². The smallest absolute Gasteiger partial charge is 0.225 e. The summed E-state index contributed by atoms with van der Waals surface area (Å²) in [5.41, 5.74) is 1.26. The first-order valence-electron chi connectivity index (χ1n) is 6.12. The van der Waals surface area contributed by atoms with Crippen molar-refractivity contribution in [2.75, 3.05) is 18.5 Å². The van der Waals surface area contributed by atoms with E-state index in [2.05, 4.69) is 36.1 Å².